The molecular formula is C16H28N2O. The highest BCUT2D eigenvalue weighted by Crippen LogP contribution is 2.26. The summed E-state index contributed by atoms with van der Waals surface area (Å²) in [6.07, 6.45) is 4.05. The molecule has 1 N–H and O–H groups in total. The Balaban J connectivity index is 3.18. The summed E-state index contributed by atoms with van der Waals surface area (Å²) >= 11 is 0. The van der Waals surface area contributed by atoms with E-state index in [1.807, 2.05) is 6.92 Å². The highest BCUT2D eigenvalue weighted by Gasteiger charge is 2.19. The van der Waals surface area contributed by atoms with Crippen LogP contribution >= 0.6 is 0 Å². The lowest BCUT2D eigenvalue weighted by Gasteiger charge is -2.35. The van der Waals surface area contributed by atoms with Gasteiger partial charge in [-0.15, -0.1) is 0 Å². The van der Waals surface area contributed by atoms with Crippen molar-refractivity contribution < 1.29 is 5.11 Å². The van der Waals surface area contributed by atoms with E-state index >= 15 is 0 Å². The van der Waals surface area contributed by atoms with Gasteiger partial charge in [-0.25, -0.2) is 0 Å². The highest BCUT2D eigenvalue weighted by molar-refractivity contribution is 5.54. The van der Waals surface area contributed by atoms with Gasteiger partial charge >= 0.3 is 0 Å². The third-order valence-electron chi connectivity index (χ3n) is 3.52. The fourth-order valence-electron chi connectivity index (χ4n) is 2.53. The van der Waals surface area contributed by atoms with Crippen LogP contribution in [-0.4, -0.2) is 22.7 Å². The van der Waals surface area contributed by atoms with E-state index in [4.69, 9.17) is 0 Å². The largest absolute Gasteiger partial charge is 0.392 e. The molecule has 0 spiro atoms. The van der Waals surface area contributed by atoms with E-state index in [0.717, 1.165) is 36.3 Å². The Kier molecular flexibility index (Phi) is 6.29. The SMILES string of the molecule is CCC(CC)N(CC(C)C)c1cc(C)ncc1CO. The fourth-order valence-corrected chi connectivity index (χ4v) is 2.53. The first-order valence-electron chi connectivity index (χ1n) is 7.36. The number of rotatable bonds is 7. The highest BCUT2D eigenvalue weighted by atomic mass is 16.3. The first-order chi connectivity index (χ1) is 9.03. The van der Waals surface area contributed by atoms with Crippen molar-refractivity contribution in [3.8, 4) is 0 Å². The van der Waals surface area contributed by atoms with Crippen molar-refractivity contribution in [3.63, 3.8) is 0 Å². The van der Waals surface area contributed by atoms with Crippen LogP contribution in [-0.2, 0) is 6.61 Å². The molecule has 3 heteroatoms. The Hall–Kier alpha value is -1.09. The van der Waals surface area contributed by atoms with Gasteiger partial charge in [0.15, 0.2) is 0 Å². The molecule has 0 atom stereocenters. The topological polar surface area (TPSA) is 36.4 Å². The van der Waals surface area contributed by atoms with Crippen LogP contribution in [0, 0.1) is 12.8 Å². The van der Waals surface area contributed by atoms with E-state index in [1.54, 1.807) is 6.20 Å². The molecule has 0 saturated carbocycles. The quantitative estimate of drug-likeness (QED) is 0.818. The van der Waals surface area contributed by atoms with E-state index < -0.39 is 0 Å². The molecule has 0 aliphatic rings. The maximum absolute atomic E-state index is 9.55. The zero-order valence-corrected chi connectivity index (χ0v) is 13.0. The Morgan fingerprint density at radius 2 is 1.89 bits per heavy atom. The van der Waals surface area contributed by atoms with Crippen LogP contribution in [0.3, 0.4) is 0 Å². The van der Waals surface area contributed by atoms with Crippen molar-refractivity contribution >= 4 is 5.69 Å². The standard InChI is InChI=1S/C16H28N2O/c1-6-15(7-2)18(10-12(3)4)16-8-13(5)17-9-14(16)11-19/h8-9,12,15,19H,6-7,10-11H2,1-5H3. The maximum Gasteiger partial charge on any atom is 0.0717 e. The zero-order chi connectivity index (χ0) is 14.4. The molecule has 1 heterocycles. The van der Waals surface area contributed by atoms with Crippen molar-refractivity contribution in [2.75, 3.05) is 11.4 Å². The lowest BCUT2D eigenvalue weighted by Crippen LogP contribution is -2.38. The average molecular weight is 264 g/mol. The number of nitrogens with zero attached hydrogens (tertiary/aromatic N) is 2. The third kappa shape index (κ3) is 4.20. The third-order valence-corrected chi connectivity index (χ3v) is 3.52. The number of aryl methyl sites for hydroxylation is 1. The van der Waals surface area contributed by atoms with Crippen molar-refractivity contribution in [1.82, 2.24) is 4.98 Å². The van der Waals surface area contributed by atoms with Gasteiger partial charge in [-0.05, 0) is 31.7 Å². The number of hydrogen-bond donors (Lipinski definition) is 1. The number of hydrogen-bond acceptors (Lipinski definition) is 3. The summed E-state index contributed by atoms with van der Waals surface area (Å²) in [5.41, 5.74) is 3.09. The predicted octanol–water partition coefficient (Wildman–Crippen LogP) is 3.53. The molecule has 0 bridgehead atoms. The lowest BCUT2D eigenvalue weighted by atomic mass is 10.0. The van der Waals surface area contributed by atoms with Gasteiger partial charge < -0.3 is 10.0 Å². The molecule has 3 nitrogen and oxygen atoms in total. The minimum absolute atomic E-state index is 0.0529. The predicted molar refractivity (Wildman–Crippen MR) is 81.5 cm³/mol. The van der Waals surface area contributed by atoms with Crippen molar-refractivity contribution in [3.05, 3.63) is 23.5 Å². The molecule has 0 radical (unpaired) electrons. The van der Waals surface area contributed by atoms with Crippen LogP contribution < -0.4 is 4.90 Å². The van der Waals surface area contributed by atoms with Crippen LogP contribution in [0.1, 0.15) is 51.8 Å². The number of pyridine rings is 1. The molecule has 0 aromatic carbocycles. The van der Waals surface area contributed by atoms with Crippen LogP contribution in [0.4, 0.5) is 5.69 Å². The summed E-state index contributed by atoms with van der Waals surface area (Å²) in [5.74, 6) is 0.598. The normalized spacial score (nSPS) is 11.4. The summed E-state index contributed by atoms with van der Waals surface area (Å²) in [4.78, 5) is 6.75. The summed E-state index contributed by atoms with van der Waals surface area (Å²) < 4.78 is 0. The number of aromatic nitrogens is 1. The number of aliphatic hydroxyl groups excluding tert-OH is 1. The molecule has 1 aromatic heterocycles. The Bertz CT molecular complexity index is 386. The maximum atomic E-state index is 9.55. The molecular weight excluding hydrogens is 236 g/mol. The fraction of sp³-hybridized carbons (Fsp3) is 0.688. The molecule has 19 heavy (non-hydrogen) atoms. The molecule has 0 saturated heterocycles. The second kappa shape index (κ2) is 7.49. The number of anilines is 1. The molecule has 108 valence electrons. The van der Waals surface area contributed by atoms with Crippen LogP contribution in [0.5, 0.6) is 0 Å². The second-order valence-electron chi connectivity index (χ2n) is 5.63. The molecule has 1 rings (SSSR count). The van der Waals surface area contributed by atoms with Crippen molar-refractivity contribution in [2.24, 2.45) is 5.92 Å². The average Bonchev–Trinajstić information content (AvgIpc) is 2.38. The van der Waals surface area contributed by atoms with Gasteiger partial charge in [0, 0.05) is 35.7 Å². The second-order valence-corrected chi connectivity index (χ2v) is 5.63. The molecule has 0 aliphatic heterocycles. The minimum Gasteiger partial charge on any atom is -0.392 e. The minimum atomic E-state index is 0.0529. The van der Waals surface area contributed by atoms with Gasteiger partial charge in [0.1, 0.15) is 0 Å². The van der Waals surface area contributed by atoms with Gasteiger partial charge in [-0.2, -0.15) is 0 Å². The van der Waals surface area contributed by atoms with Gasteiger partial charge in [0.05, 0.1) is 6.61 Å². The smallest absolute Gasteiger partial charge is 0.0717 e. The Morgan fingerprint density at radius 1 is 1.26 bits per heavy atom. The van der Waals surface area contributed by atoms with Gasteiger partial charge in [-0.3, -0.25) is 4.98 Å². The molecule has 0 amide bonds. The van der Waals surface area contributed by atoms with Gasteiger partial charge in [-0.1, -0.05) is 27.7 Å². The van der Waals surface area contributed by atoms with Crippen molar-refractivity contribution in [2.45, 2.75) is 60.1 Å². The van der Waals surface area contributed by atoms with Gasteiger partial charge in [0.25, 0.3) is 0 Å². The van der Waals surface area contributed by atoms with E-state index in [1.165, 1.54) is 0 Å². The molecule has 0 fully saturated rings. The Morgan fingerprint density at radius 3 is 2.37 bits per heavy atom. The number of aliphatic hydroxyl groups is 1. The van der Waals surface area contributed by atoms with Crippen LogP contribution in [0.25, 0.3) is 0 Å². The Labute approximate surface area is 117 Å². The summed E-state index contributed by atoms with van der Waals surface area (Å²) in [6, 6.07) is 2.63. The summed E-state index contributed by atoms with van der Waals surface area (Å²) in [5, 5.41) is 9.55. The first kappa shape index (κ1) is 16.0. The molecule has 0 aliphatic carbocycles. The zero-order valence-electron chi connectivity index (χ0n) is 13.0. The lowest BCUT2D eigenvalue weighted by molar-refractivity contribution is 0.281. The van der Waals surface area contributed by atoms with E-state index in [0.29, 0.717) is 12.0 Å². The van der Waals surface area contributed by atoms with Gasteiger partial charge in [0.2, 0.25) is 0 Å². The van der Waals surface area contributed by atoms with Crippen molar-refractivity contribution in [1.29, 1.82) is 0 Å². The monoisotopic (exact) mass is 264 g/mol. The summed E-state index contributed by atoms with van der Waals surface area (Å²) in [6.45, 7) is 12.0. The van der Waals surface area contributed by atoms with Crippen LogP contribution in [0.2, 0.25) is 0 Å². The van der Waals surface area contributed by atoms with E-state index in [2.05, 4.69) is 43.6 Å². The first-order valence-corrected chi connectivity index (χ1v) is 7.36. The molecule has 1 aromatic rings. The van der Waals surface area contributed by atoms with Crippen LogP contribution in [0.15, 0.2) is 12.3 Å². The summed E-state index contributed by atoms with van der Waals surface area (Å²) in [7, 11) is 0. The van der Waals surface area contributed by atoms with E-state index in [-0.39, 0.29) is 6.61 Å². The van der Waals surface area contributed by atoms with E-state index in [9.17, 15) is 5.11 Å². The molecule has 0 unspecified atom stereocenters.